The van der Waals surface area contributed by atoms with Gasteiger partial charge in [0, 0.05) is 53.4 Å². The molecular formula is C58H37NOS. The maximum atomic E-state index is 6.47. The molecule has 0 saturated heterocycles. The minimum absolute atomic E-state index is 0.904. The van der Waals surface area contributed by atoms with Crippen LogP contribution in [0.15, 0.2) is 229 Å². The Morgan fingerprint density at radius 3 is 1.82 bits per heavy atom. The summed E-state index contributed by atoms with van der Waals surface area (Å²) in [5.41, 5.74) is 14.4. The SMILES string of the molecule is c1cc(-c2ccc(-c3ccc4ccccc4c3)cc2)cc(N(c2ccc(-c3cccc4c3oc3ccccc34)cc2)c2ccccc2-c2ccc3sc4ccccc4c3c2)c1. The van der Waals surface area contributed by atoms with Gasteiger partial charge in [0.05, 0.1) is 5.69 Å². The summed E-state index contributed by atoms with van der Waals surface area (Å²) in [5, 5.41) is 7.36. The van der Waals surface area contributed by atoms with Crippen LogP contribution < -0.4 is 4.90 Å². The minimum atomic E-state index is 0.904. The van der Waals surface area contributed by atoms with Gasteiger partial charge < -0.3 is 9.32 Å². The van der Waals surface area contributed by atoms with E-state index in [1.807, 2.05) is 23.5 Å². The molecule has 3 heteroatoms. The number of furan rings is 1. The van der Waals surface area contributed by atoms with Gasteiger partial charge in [0.25, 0.3) is 0 Å². The van der Waals surface area contributed by atoms with Crippen molar-refractivity contribution in [2.75, 3.05) is 4.90 Å². The maximum Gasteiger partial charge on any atom is 0.143 e. The highest BCUT2D eigenvalue weighted by molar-refractivity contribution is 7.25. The lowest BCUT2D eigenvalue weighted by atomic mass is 9.97. The zero-order chi connectivity index (χ0) is 40.3. The fourth-order valence-corrected chi connectivity index (χ4v) is 10.1. The summed E-state index contributed by atoms with van der Waals surface area (Å²) in [7, 11) is 0. The topological polar surface area (TPSA) is 16.4 Å². The van der Waals surface area contributed by atoms with Gasteiger partial charge in [-0.3, -0.25) is 0 Å². The molecule has 2 heterocycles. The van der Waals surface area contributed by atoms with Gasteiger partial charge in [-0.05, 0) is 105 Å². The lowest BCUT2D eigenvalue weighted by Crippen LogP contribution is -2.11. The molecule has 286 valence electrons. The number of rotatable bonds is 7. The quantitative estimate of drug-likeness (QED) is 0.160. The Hall–Kier alpha value is -7.72. The highest BCUT2D eigenvalue weighted by atomic mass is 32.1. The summed E-state index contributed by atoms with van der Waals surface area (Å²) in [6.45, 7) is 0. The fraction of sp³-hybridized carbons (Fsp3) is 0. The normalized spacial score (nSPS) is 11.6. The highest BCUT2D eigenvalue weighted by Gasteiger charge is 2.20. The van der Waals surface area contributed by atoms with Gasteiger partial charge in [-0.25, -0.2) is 0 Å². The summed E-state index contributed by atoms with van der Waals surface area (Å²) >= 11 is 1.85. The van der Waals surface area contributed by atoms with Gasteiger partial charge >= 0.3 is 0 Å². The molecule has 12 rings (SSSR count). The molecule has 0 amide bonds. The number of nitrogens with zero attached hydrogens (tertiary/aromatic N) is 1. The molecule has 0 fully saturated rings. The Morgan fingerprint density at radius 2 is 0.951 bits per heavy atom. The molecule has 2 aromatic heterocycles. The molecule has 0 N–H and O–H groups in total. The van der Waals surface area contributed by atoms with Crippen LogP contribution in [0, 0.1) is 0 Å². The molecule has 0 saturated carbocycles. The summed E-state index contributed by atoms with van der Waals surface area (Å²) in [6.07, 6.45) is 0. The fourth-order valence-electron chi connectivity index (χ4n) is 9.05. The van der Waals surface area contributed by atoms with Crippen molar-refractivity contribution in [1.29, 1.82) is 0 Å². The molecule has 0 aliphatic rings. The Labute approximate surface area is 357 Å². The van der Waals surface area contributed by atoms with Crippen molar-refractivity contribution >= 4 is 81.3 Å². The van der Waals surface area contributed by atoms with E-state index in [1.54, 1.807) is 0 Å². The first-order valence-electron chi connectivity index (χ1n) is 20.7. The first kappa shape index (κ1) is 35.2. The standard InChI is InChI=1S/C58H37NOS/c1-2-12-42-35-44(28-27-38(42)11-1)40-25-23-39(24-26-40)43-13-9-14-47(36-43)59(46-32-29-41(30-33-46)49-18-10-19-52-50-16-4-7-21-55(50)60-58(49)52)54-20-6-3-15-48(54)45-31-34-57-53(37-45)51-17-5-8-22-56(51)61-57/h1-37H. The Kier molecular flexibility index (Phi) is 8.39. The molecule has 0 aliphatic carbocycles. The number of hydrogen-bond donors (Lipinski definition) is 0. The van der Waals surface area contributed by atoms with E-state index in [0.717, 1.165) is 55.7 Å². The van der Waals surface area contributed by atoms with Gasteiger partial charge in [0.15, 0.2) is 0 Å². The Morgan fingerprint density at radius 1 is 0.328 bits per heavy atom. The van der Waals surface area contributed by atoms with Crippen LogP contribution in [0.4, 0.5) is 17.1 Å². The van der Waals surface area contributed by atoms with Gasteiger partial charge in [-0.2, -0.15) is 0 Å². The van der Waals surface area contributed by atoms with E-state index in [9.17, 15) is 0 Å². The minimum Gasteiger partial charge on any atom is -0.455 e. The van der Waals surface area contributed by atoms with Crippen LogP contribution in [0.2, 0.25) is 0 Å². The van der Waals surface area contributed by atoms with Crippen molar-refractivity contribution in [3.05, 3.63) is 224 Å². The van der Waals surface area contributed by atoms with Gasteiger partial charge in [0.1, 0.15) is 11.2 Å². The van der Waals surface area contributed by atoms with Crippen molar-refractivity contribution in [2.24, 2.45) is 0 Å². The second-order valence-electron chi connectivity index (χ2n) is 15.7. The molecule has 12 aromatic rings. The van der Waals surface area contributed by atoms with Gasteiger partial charge in [0.2, 0.25) is 0 Å². The summed E-state index contributed by atoms with van der Waals surface area (Å²) in [5.74, 6) is 0. The van der Waals surface area contributed by atoms with E-state index in [4.69, 9.17) is 4.42 Å². The molecule has 10 aromatic carbocycles. The molecule has 2 nitrogen and oxygen atoms in total. The van der Waals surface area contributed by atoms with Crippen LogP contribution >= 0.6 is 11.3 Å². The number of fused-ring (bicyclic) bond motifs is 7. The number of thiophene rings is 1. The predicted molar refractivity (Wildman–Crippen MR) is 261 cm³/mol. The molecule has 0 spiro atoms. The van der Waals surface area contributed by atoms with E-state index in [2.05, 4.69) is 217 Å². The molecule has 61 heavy (non-hydrogen) atoms. The first-order chi connectivity index (χ1) is 30.2. The molecule has 0 bridgehead atoms. The van der Waals surface area contributed by atoms with Crippen molar-refractivity contribution < 1.29 is 4.42 Å². The highest BCUT2D eigenvalue weighted by Crippen LogP contribution is 2.45. The van der Waals surface area contributed by atoms with E-state index in [0.29, 0.717) is 0 Å². The molecule has 0 aliphatic heterocycles. The second-order valence-corrected chi connectivity index (χ2v) is 16.8. The lowest BCUT2D eigenvalue weighted by Gasteiger charge is -2.28. The van der Waals surface area contributed by atoms with Crippen LogP contribution in [0.25, 0.3) is 97.4 Å². The predicted octanol–water partition coefficient (Wildman–Crippen LogP) is 17.2. The molecule has 0 radical (unpaired) electrons. The largest absolute Gasteiger partial charge is 0.455 e. The molecule has 0 unspecified atom stereocenters. The van der Waals surface area contributed by atoms with Crippen molar-refractivity contribution in [2.45, 2.75) is 0 Å². The van der Waals surface area contributed by atoms with Crippen LogP contribution in [0.3, 0.4) is 0 Å². The third-order valence-electron chi connectivity index (χ3n) is 12.1. The Balaban J connectivity index is 0.976. The lowest BCUT2D eigenvalue weighted by molar-refractivity contribution is 0.670. The second kappa shape index (κ2) is 14.5. The average Bonchev–Trinajstić information content (AvgIpc) is 3.90. The number of para-hydroxylation sites is 3. The third kappa shape index (κ3) is 6.18. The third-order valence-corrected chi connectivity index (χ3v) is 13.2. The first-order valence-corrected chi connectivity index (χ1v) is 21.5. The van der Waals surface area contributed by atoms with Gasteiger partial charge in [-0.1, -0.05) is 164 Å². The van der Waals surface area contributed by atoms with E-state index in [1.165, 1.54) is 58.8 Å². The van der Waals surface area contributed by atoms with E-state index >= 15 is 0 Å². The number of benzene rings is 10. The maximum absolute atomic E-state index is 6.47. The molecule has 0 atom stereocenters. The average molecular weight is 796 g/mol. The van der Waals surface area contributed by atoms with Crippen LogP contribution in [0.1, 0.15) is 0 Å². The summed E-state index contributed by atoms with van der Waals surface area (Å²) in [6, 6.07) is 81.3. The Bertz CT molecular complexity index is 3590. The van der Waals surface area contributed by atoms with Crippen LogP contribution in [0.5, 0.6) is 0 Å². The van der Waals surface area contributed by atoms with Crippen LogP contribution in [-0.2, 0) is 0 Å². The number of anilines is 3. The zero-order valence-electron chi connectivity index (χ0n) is 33.1. The number of hydrogen-bond acceptors (Lipinski definition) is 3. The van der Waals surface area contributed by atoms with Crippen LogP contribution in [-0.4, -0.2) is 0 Å². The summed E-state index contributed by atoms with van der Waals surface area (Å²) < 4.78 is 9.08. The van der Waals surface area contributed by atoms with Crippen molar-refractivity contribution in [3.63, 3.8) is 0 Å². The van der Waals surface area contributed by atoms with Gasteiger partial charge in [-0.15, -0.1) is 11.3 Å². The van der Waals surface area contributed by atoms with Crippen molar-refractivity contribution in [3.8, 4) is 44.5 Å². The summed E-state index contributed by atoms with van der Waals surface area (Å²) in [4.78, 5) is 2.41. The smallest absolute Gasteiger partial charge is 0.143 e. The monoisotopic (exact) mass is 795 g/mol. The van der Waals surface area contributed by atoms with Crippen molar-refractivity contribution in [1.82, 2.24) is 0 Å². The molecular weight excluding hydrogens is 759 g/mol. The zero-order valence-corrected chi connectivity index (χ0v) is 33.9. The van der Waals surface area contributed by atoms with E-state index < -0.39 is 0 Å². The van der Waals surface area contributed by atoms with E-state index in [-0.39, 0.29) is 0 Å².